The van der Waals surface area contributed by atoms with Crippen molar-refractivity contribution in [1.29, 1.82) is 0 Å². The van der Waals surface area contributed by atoms with Gasteiger partial charge in [-0.1, -0.05) is 0 Å². The van der Waals surface area contributed by atoms with Crippen LogP contribution in [0.1, 0.15) is 5.69 Å². The van der Waals surface area contributed by atoms with Gasteiger partial charge in [-0.3, -0.25) is 10.1 Å². The fourth-order valence-corrected chi connectivity index (χ4v) is 1.40. The van der Waals surface area contributed by atoms with Gasteiger partial charge in [0.2, 0.25) is 0 Å². The van der Waals surface area contributed by atoms with Gasteiger partial charge in [0.25, 0.3) is 5.69 Å². The maximum absolute atomic E-state index is 10.5. The summed E-state index contributed by atoms with van der Waals surface area (Å²) in [7, 11) is 0. The Bertz CT molecular complexity index is 356. The predicted molar refractivity (Wildman–Crippen MR) is 52.2 cm³/mol. The third kappa shape index (κ3) is 2.23. The summed E-state index contributed by atoms with van der Waals surface area (Å²) >= 11 is 6.16. The lowest BCUT2D eigenvalue weighted by atomic mass is 10.3. The summed E-state index contributed by atoms with van der Waals surface area (Å²) in [6.07, 6.45) is 0. The van der Waals surface area contributed by atoms with Crippen molar-refractivity contribution >= 4 is 37.5 Å². The van der Waals surface area contributed by atoms with Gasteiger partial charge in [-0.25, -0.2) is 4.98 Å². The molecule has 5 nitrogen and oxygen atoms in total. The monoisotopic (exact) mass is 310 g/mol. The van der Waals surface area contributed by atoms with Gasteiger partial charge < -0.3 is 5.11 Å². The molecule has 1 N–H and O–H groups in total. The Labute approximate surface area is 90.2 Å². The smallest absolute Gasteiger partial charge is 0.294 e. The third-order valence-corrected chi connectivity index (χ3v) is 3.08. The van der Waals surface area contributed by atoms with Crippen molar-refractivity contribution in [2.24, 2.45) is 0 Å². The van der Waals surface area contributed by atoms with E-state index < -0.39 is 11.5 Å². The normalized spacial score (nSPS) is 10.1. The van der Waals surface area contributed by atoms with E-state index in [-0.39, 0.29) is 11.4 Å². The third-order valence-electron chi connectivity index (χ3n) is 1.34. The van der Waals surface area contributed by atoms with Crippen LogP contribution in [0.3, 0.4) is 0 Å². The zero-order valence-electron chi connectivity index (χ0n) is 6.20. The number of nitrogens with zero attached hydrogens (tertiary/aromatic N) is 2. The second-order valence-corrected chi connectivity index (χ2v) is 3.75. The Morgan fingerprint density at radius 2 is 2.23 bits per heavy atom. The van der Waals surface area contributed by atoms with Crippen molar-refractivity contribution in [1.82, 2.24) is 4.98 Å². The maximum atomic E-state index is 10.5. The first-order valence-corrected chi connectivity index (χ1v) is 4.75. The van der Waals surface area contributed by atoms with Gasteiger partial charge in [-0.05, 0) is 31.9 Å². The van der Waals surface area contributed by atoms with E-state index in [1.807, 2.05) is 0 Å². The van der Waals surface area contributed by atoms with E-state index in [0.29, 0.717) is 9.08 Å². The van der Waals surface area contributed by atoms with E-state index in [9.17, 15) is 10.1 Å². The first kappa shape index (κ1) is 10.6. The molecule has 0 saturated heterocycles. The molecule has 1 heterocycles. The molecule has 0 unspecified atom stereocenters. The summed E-state index contributed by atoms with van der Waals surface area (Å²) < 4.78 is 0.915. The molecule has 1 rings (SSSR count). The van der Waals surface area contributed by atoms with Crippen LogP contribution in [-0.2, 0) is 6.61 Å². The molecule has 7 heteroatoms. The standard InChI is InChI=1S/C6H4Br2N2O3/c7-3-1-5(10(12)13)4(2-11)9-6(3)8/h1,11H,2H2. The molecule has 0 aliphatic rings. The van der Waals surface area contributed by atoms with Crippen LogP contribution in [0.4, 0.5) is 5.69 Å². The average molecular weight is 312 g/mol. The highest BCUT2D eigenvalue weighted by Gasteiger charge is 2.16. The van der Waals surface area contributed by atoms with Crippen molar-refractivity contribution in [2.45, 2.75) is 6.61 Å². The zero-order valence-corrected chi connectivity index (χ0v) is 9.37. The highest BCUT2D eigenvalue weighted by Crippen LogP contribution is 2.27. The number of hydrogen-bond donors (Lipinski definition) is 1. The number of aromatic nitrogens is 1. The lowest BCUT2D eigenvalue weighted by Crippen LogP contribution is -1.99. The number of halogens is 2. The molecular formula is C6H4Br2N2O3. The first-order chi connectivity index (χ1) is 6.06. The highest BCUT2D eigenvalue weighted by atomic mass is 79.9. The lowest BCUT2D eigenvalue weighted by molar-refractivity contribution is -0.386. The van der Waals surface area contributed by atoms with Crippen molar-refractivity contribution in [3.05, 3.63) is 31.0 Å². The Morgan fingerprint density at radius 3 is 2.69 bits per heavy atom. The van der Waals surface area contributed by atoms with Gasteiger partial charge in [0.05, 0.1) is 16.0 Å². The lowest BCUT2D eigenvalue weighted by Gasteiger charge is -2.00. The number of pyridine rings is 1. The number of rotatable bonds is 2. The number of nitro groups is 1. The van der Waals surface area contributed by atoms with Crippen LogP contribution in [0.5, 0.6) is 0 Å². The molecule has 0 bridgehead atoms. The summed E-state index contributed by atoms with van der Waals surface area (Å²) in [5, 5.41) is 19.2. The van der Waals surface area contributed by atoms with Gasteiger partial charge in [-0.2, -0.15) is 0 Å². The molecule has 0 aromatic carbocycles. The predicted octanol–water partition coefficient (Wildman–Crippen LogP) is 2.01. The molecule has 1 aromatic heterocycles. The Balaban J connectivity index is 3.33. The summed E-state index contributed by atoms with van der Waals surface area (Å²) in [6.45, 7) is -0.456. The van der Waals surface area contributed by atoms with E-state index in [1.54, 1.807) is 0 Å². The minimum atomic E-state index is -0.588. The fraction of sp³-hybridized carbons (Fsp3) is 0.167. The van der Waals surface area contributed by atoms with Gasteiger partial charge in [0.1, 0.15) is 10.3 Å². The van der Waals surface area contributed by atoms with E-state index in [2.05, 4.69) is 36.8 Å². The second-order valence-electron chi connectivity index (χ2n) is 2.14. The van der Waals surface area contributed by atoms with Crippen molar-refractivity contribution in [3.8, 4) is 0 Å². The summed E-state index contributed by atoms with van der Waals surface area (Å²) in [5.74, 6) is 0. The van der Waals surface area contributed by atoms with Crippen molar-refractivity contribution in [3.63, 3.8) is 0 Å². The highest BCUT2D eigenvalue weighted by molar-refractivity contribution is 9.13. The SMILES string of the molecule is O=[N+]([O-])c1cc(Br)c(Br)nc1CO. The van der Waals surface area contributed by atoms with Crippen LogP contribution in [0, 0.1) is 10.1 Å². The Morgan fingerprint density at radius 1 is 1.62 bits per heavy atom. The molecule has 0 radical (unpaired) electrons. The zero-order chi connectivity index (χ0) is 10.0. The van der Waals surface area contributed by atoms with Crippen LogP contribution in [0.25, 0.3) is 0 Å². The first-order valence-electron chi connectivity index (χ1n) is 3.16. The molecule has 0 aliphatic carbocycles. The molecule has 0 fully saturated rings. The van der Waals surface area contributed by atoms with Gasteiger partial charge in [-0.15, -0.1) is 0 Å². The van der Waals surface area contributed by atoms with Crippen molar-refractivity contribution in [2.75, 3.05) is 0 Å². The van der Waals surface area contributed by atoms with E-state index in [1.165, 1.54) is 6.07 Å². The largest absolute Gasteiger partial charge is 0.390 e. The molecule has 0 saturated carbocycles. The van der Waals surface area contributed by atoms with Gasteiger partial charge >= 0.3 is 0 Å². The Hall–Kier alpha value is -0.530. The molecule has 1 aromatic rings. The molecule has 0 amide bonds. The number of aliphatic hydroxyl groups is 1. The van der Waals surface area contributed by atoms with Crippen LogP contribution in [-0.4, -0.2) is 15.0 Å². The quantitative estimate of drug-likeness (QED) is 0.515. The topological polar surface area (TPSA) is 76.3 Å². The summed E-state index contributed by atoms with van der Waals surface area (Å²) in [6, 6.07) is 1.29. The molecule has 0 aliphatic heterocycles. The Kier molecular flexibility index (Phi) is 3.34. The van der Waals surface area contributed by atoms with Crippen LogP contribution < -0.4 is 0 Å². The second kappa shape index (κ2) is 4.12. The van der Waals surface area contributed by atoms with Crippen LogP contribution in [0.15, 0.2) is 15.1 Å². The summed E-state index contributed by atoms with van der Waals surface area (Å²) in [4.78, 5) is 13.7. The minimum absolute atomic E-state index is 0.0417. The molecule has 70 valence electrons. The summed E-state index contributed by atoms with van der Waals surface area (Å²) in [5.41, 5.74) is -0.155. The maximum Gasteiger partial charge on any atom is 0.294 e. The van der Waals surface area contributed by atoms with E-state index in [0.717, 1.165) is 0 Å². The number of aliphatic hydroxyl groups excluding tert-OH is 1. The molecule has 13 heavy (non-hydrogen) atoms. The minimum Gasteiger partial charge on any atom is -0.390 e. The van der Waals surface area contributed by atoms with Gasteiger partial charge in [0.15, 0.2) is 0 Å². The average Bonchev–Trinajstić information content (AvgIpc) is 2.08. The number of hydrogen-bond acceptors (Lipinski definition) is 4. The van der Waals surface area contributed by atoms with Gasteiger partial charge in [0, 0.05) is 6.07 Å². The van der Waals surface area contributed by atoms with Crippen LogP contribution >= 0.6 is 31.9 Å². The fourth-order valence-electron chi connectivity index (χ4n) is 0.766. The van der Waals surface area contributed by atoms with E-state index >= 15 is 0 Å². The molecule has 0 spiro atoms. The molecular weight excluding hydrogens is 308 g/mol. The van der Waals surface area contributed by atoms with Crippen LogP contribution in [0.2, 0.25) is 0 Å². The van der Waals surface area contributed by atoms with Crippen molar-refractivity contribution < 1.29 is 10.0 Å². The van der Waals surface area contributed by atoms with E-state index in [4.69, 9.17) is 5.11 Å². The molecule has 0 atom stereocenters.